The first-order valence-corrected chi connectivity index (χ1v) is 13.6. The number of hydrogen-bond donors (Lipinski definition) is 1. The van der Waals surface area contributed by atoms with E-state index < -0.39 is 5.54 Å². The van der Waals surface area contributed by atoms with Crippen LogP contribution in [0.2, 0.25) is 0 Å². The van der Waals surface area contributed by atoms with Gasteiger partial charge >= 0.3 is 0 Å². The fourth-order valence-corrected chi connectivity index (χ4v) is 6.53. The molecule has 4 heterocycles. The SMILES string of the molecule is CCN1C(=O)c2cc(C(=O)N3CCC(N4CCCCC4)CC3)nn2CC1(C)C(=O)NC1CCCC1. The molecule has 9 heteroatoms. The Morgan fingerprint density at radius 2 is 1.71 bits per heavy atom. The summed E-state index contributed by atoms with van der Waals surface area (Å²) in [7, 11) is 0. The van der Waals surface area contributed by atoms with Crippen LogP contribution in [0.4, 0.5) is 0 Å². The van der Waals surface area contributed by atoms with Gasteiger partial charge in [0.15, 0.2) is 5.69 Å². The molecule has 9 nitrogen and oxygen atoms in total. The van der Waals surface area contributed by atoms with Crippen molar-refractivity contribution in [2.75, 3.05) is 32.7 Å². The molecule has 1 atom stereocenters. The first kappa shape index (κ1) is 24.3. The fourth-order valence-electron chi connectivity index (χ4n) is 6.53. The van der Waals surface area contributed by atoms with Gasteiger partial charge in [0, 0.05) is 37.8 Å². The maximum Gasteiger partial charge on any atom is 0.274 e. The molecule has 0 spiro atoms. The molecular weight excluding hydrogens is 444 g/mol. The highest BCUT2D eigenvalue weighted by Crippen LogP contribution is 2.29. The van der Waals surface area contributed by atoms with Gasteiger partial charge in [-0.2, -0.15) is 5.10 Å². The van der Waals surface area contributed by atoms with Gasteiger partial charge < -0.3 is 20.0 Å². The van der Waals surface area contributed by atoms with Crippen molar-refractivity contribution in [3.8, 4) is 0 Å². The Morgan fingerprint density at radius 3 is 2.37 bits per heavy atom. The van der Waals surface area contributed by atoms with Crippen molar-refractivity contribution in [3.05, 3.63) is 17.5 Å². The van der Waals surface area contributed by atoms with E-state index in [-0.39, 0.29) is 30.3 Å². The lowest BCUT2D eigenvalue weighted by molar-refractivity contribution is -0.133. The first-order valence-electron chi connectivity index (χ1n) is 13.6. The van der Waals surface area contributed by atoms with Crippen LogP contribution in [0.15, 0.2) is 6.07 Å². The molecular formula is C26H40N6O3. The van der Waals surface area contributed by atoms with E-state index in [1.807, 2.05) is 18.7 Å². The minimum absolute atomic E-state index is 0.114. The zero-order chi connectivity index (χ0) is 24.6. The van der Waals surface area contributed by atoms with Gasteiger partial charge in [-0.25, -0.2) is 0 Å². The molecule has 5 rings (SSSR count). The van der Waals surface area contributed by atoms with Gasteiger partial charge in [-0.15, -0.1) is 0 Å². The number of aromatic nitrogens is 2. The number of nitrogens with one attached hydrogen (secondary N) is 1. The molecule has 4 aliphatic rings. The molecule has 1 aromatic heterocycles. The summed E-state index contributed by atoms with van der Waals surface area (Å²) in [4.78, 5) is 46.1. The maximum absolute atomic E-state index is 13.4. The van der Waals surface area contributed by atoms with Gasteiger partial charge in [0.1, 0.15) is 11.2 Å². The topological polar surface area (TPSA) is 90.8 Å². The quantitative estimate of drug-likeness (QED) is 0.692. The Morgan fingerprint density at radius 1 is 1.03 bits per heavy atom. The average Bonchev–Trinajstić information content (AvgIpc) is 3.54. The Kier molecular flexibility index (Phi) is 6.88. The van der Waals surface area contributed by atoms with Gasteiger partial charge in [-0.05, 0) is 65.5 Å². The molecule has 1 N–H and O–H groups in total. The number of piperidine rings is 2. The summed E-state index contributed by atoms with van der Waals surface area (Å²) in [6, 6.07) is 2.36. The van der Waals surface area contributed by atoms with Gasteiger partial charge in [-0.3, -0.25) is 19.1 Å². The molecule has 0 aromatic carbocycles. The summed E-state index contributed by atoms with van der Waals surface area (Å²) in [6.45, 7) is 8.18. The van der Waals surface area contributed by atoms with Crippen molar-refractivity contribution in [1.29, 1.82) is 0 Å². The number of likely N-dealkylation sites (tertiary alicyclic amines) is 2. The van der Waals surface area contributed by atoms with Gasteiger partial charge in [0.25, 0.3) is 11.8 Å². The van der Waals surface area contributed by atoms with Crippen LogP contribution in [0, 0.1) is 0 Å². The van der Waals surface area contributed by atoms with E-state index in [1.165, 1.54) is 32.4 Å². The molecule has 35 heavy (non-hydrogen) atoms. The van der Waals surface area contributed by atoms with Gasteiger partial charge in [0.05, 0.1) is 6.54 Å². The van der Waals surface area contributed by atoms with Crippen LogP contribution in [-0.2, 0) is 11.3 Å². The third kappa shape index (κ3) is 4.59. The summed E-state index contributed by atoms with van der Waals surface area (Å²) < 4.78 is 1.58. The highest BCUT2D eigenvalue weighted by molar-refractivity contribution is 6.02. The molecule has 3 aliphatic heterocycles. The Balaban J connectivity index is 1.28. The lowest BCUT2D eigenvalue weighted by Gasteiger charge is -2.43. The smallest absolute Gasteiger partial charge is 0.274 e. The summed E-state index contributed by atoms with van der Waals surface area (Å²) in [5.41, 5.74) is -0.327. The van der Waals surface area contributed by atoms with Gasteiger partial charge in [-0.1, -0.05) is 19.3 Å². The molecule has 0 bridgehead atoms. The third-order valence-electron chi connectivity index (χ3n) is 8.67. The molecule has 2 saturated heterocycles. The van der Waals surface area contributed by atoms with Crippen LogP contribution >= 0.6 is 0 Å². The molecule has 1 aliphatic carbocycles. The minimum atomic E-state index is -1.03. The lowest BCUT2D eigenvalue weighted by Crippen LogP contribution is -2.64. The number of carbonyl (C=O) groups excluding carboxylic acids is 3. The van der Waals surface area contributed by atoms with Crippen LogP contribution in [0.25, 0.3) is 0 Å². The Bertz CT molecular complexity index is 956. The largest absolute Gasteiger partial charge is 0.351 e. The van der Waals surface area contributed by atoms with E-state index in [1.54, 1.807) is 15.6 Å². The number of hydrogen-bond acceptors (Lipinski definition) is 5. The summed E-state index contributed by atoms with van der Waals surface area (Å²) in [5.74, 6) is -0.483. The predicted octanol–water partition coefficient (Wildman–Crippen LogP) is 2.27. The molecule has 0 radical (unpaired) electrons. The molecule has 3 amide bonds. The van der Waals surface area contributed by atoms with E-state index in [2.05, 4.69) is 15.3 Å². The van der Waals surface area contributed by atoms with Crippen LogP contribution in [0.1, 0.15) is 92.6 Å². The van der Waals surface area contributed by atoms with Crippen LogP contribution < -0.4 is 5.32 Å². The zero-order valence-corrected chi connectivity index (χ0v) is 21.3. The van der Waals surface area contributed by atoms with E-state index in [9.17, 15) is 14.4 Å². The van der Waals surface area contributed by atoms with E-state index in [0.29, 0.717) is 24.0 Å². The highest BCUT2D eigenvalue weighted by atomic mass is 16.2. The van der Waals surface area contributed by atoms with Crippen LogP contribution in [-0.4, -0.2) is 92.5 Å². The molecule has 1 unspecified atom stereocenters. The summed E-state index contributed by atoms with van der Waals surface area (Å²) in [6.07, 6.45) is 10.1. The number of nitrogens with zero attached hydrogens (tertiary/aromatic N) is 5. The number of likely N-dealkylation sites (N-methyl/N-ethyl adjacent to an activating group) is 1. The van der Waals surface area contributed by atoms with Gasteiger partial charge in [0.2, 0.25) is 5.91 Å². The second-order valence-electron chi connectivity index (χ2n) is 11.0. The Labute approximate surface area is 208 Å². The number of rotatable bonds is 5. The normalized spacial score (nSPS) is 26.7. The summed E-state index contributed by atoms with van der Waals surface area (Å²) in [5, 5.41) is 7.72. The number of carbonyl (C=O) groups is 3. The fraction of sp³-hybridized carbons (Fsp3) is 0.769. The van der Waals surface area contributed by atoms with Crippen molar-refractivity contribution in [2.24, 2.45) is 0 Å². The molecule has 3 fully saturated rings. The zero-order valence-electron chi connectivity index (χ0n) is 21.3. The molecule has 192 valence electrons. The van der Waals surface area contributed by atoms with Crippen molar-refractivity contribution in [3.63, 3.8) is 0 Å². The van der Waals surface area contributed by atoms with E-state index in [4.69, 9.17) is 0 Å². The van der Waals surface area contributed by atoms with Crippen LogP contribution in [0.3, 0.4) is 0 Å². The monoisotopic (exact) mass is 484 g/mol. The Hall–Kier alpha value is -2.42. The summed E-state index contributed by atoms with van der Waals surface area (Å²) >= 11 is 0. The number of amides is 3. The molecule has 1 aromatic rings. The maximum atomic E-state index is 13.4. The van der Waals surface area contributed by atoms with Crippen molar-refractivity contribution in [1.82, 2.24) is 29.8 Å². The standard InChI is InChI=1S/C26H40N6O3/c1-3-31-24(34)22-17-21(23(33)30-15-11-20(12-16-30)29-13-7-4-8-14-29)28-32(22)18-26(31,2)25(35)27-19-9-5-6-10-19/h17,19-20H,3-16,18H2,1-2H3,(H,27,35). The first-order chi connectivity index (χ1) is 16.9. The van der Waals surface area contributed by atoms with Crippen LogP contribution in [0.5, 0.6) is 0 Å². The molecule has 1 saturated carbocycles. The van der Waals surface area contributed by atoms with Crippen molar-refractivity contribution >= 4 is 17.7 Å². The van der Waals surface area contributed by atoms with E-state index >= 15 is 0 Å². The predicted molar refractivity (Wildman–Crippen MR) is 132 cm³/mol. The van der Waals surface area contributed by atoms with Crippen molar-refractivity contribution < 1.29 is 14.4 Å². The highest BCUT2D eigenvalue weighted by Gasteiger charge is 2.48. The van der Waals surface area contributed by atoms with E-state index in [0.717, 1.165) is 51.6 Å². The second-order valence-corrected chi connectivity index (χ2v) is 11.0. The minimum Gasteiger partial charge on any atom is -0.351 e. The van der Waals surface area contributed by atoms with Crippen molar-refractivity contribution in [2.45, 2.75) is 95.8 Å². The average molecular weight is 485 g/mol. The second kappa shape index (κ2) is 9.91. The third-order valence-corrected chi connectivity index (χ3v) is 8.67. The number of fused-ring (bicyclic) bond motifs is 1. The lowest BCUT2D eigenvalue weighted by atomic mass is 9.94.